The Hall–Kier alpha value is -0.300. The first-order valence-electron chi connectivity index (χ1n) is 4.05. The standard InChI is InChI=1S/C9H16O/c1-7(2)9(10)8-5-3-4-6-8/h3-4,7-10H,5-6H2,1-2H3. The third-order valence-electron chi connectivity index (χ3n) is 2.21. The van der Waals surface area contributed by atoms with Gasteiger partial charge in [-0.25, -0.2) is 0 Å². The Morgan fingerprint density at radius 2 is 1.80 bits per heavy atom. The second-order valence-corrected chi connectivity index (χ2v) is 3.44. The largest absolute Gasteiger partial charge is 0.393 e. The van der Waals surface area contributed by atoms with Crippen molar-refractivity contribution in [1.29, 1.82) is 0 Å². The van der Waals surface area contributed by atoms with Crippen molar-refractivity contribution in [3.05, 3.63) is 12.2 Å². The highest BCUT2D eigenvalue weighted by Gasteiger charge is 2.21. The monoisotopic (exact) mass is 140 g/mol. The zero-order valence-electron chi connectivity index (χ0n) is 6.75. The molecule has 0 fully saturated rings. The molecule has 0 radical (unpaired) electrons. The van der Waals surface area contributed by atoms with Crippen LogP contribution in [0.3, 0.4) is 0 Å². The summed E-state index contributed by atoms with van der Waals surface area (Å²) in [7, 11) is 0. The van der Waals surface area contributed by atoms with E-state index in [-0.39, 0.29) is 6.10 Å². The number of hydrogen-bond acceptors (Lipinski definition) is 1. The van der Waals surface area contributed by atoms with Crippen LogP contribution in [-0.4, -0.2) is 11.2 Å². The van der Waals surface area contributed by atoms with Gasteiger partial charge in [0.15, 0.2) is 0 Å². The average Bonchev–Trinajstić information content (AvgIpc) is 2.36. The van der Waals surface area contributed by atoms with Crippen molar-refractivity contribution in [2.45, 2.75) is 32.8 Å². The number of hydrogen-bond donors (Lipinski definition) is 1. The lowest BCUT2D eigenvalue weighted by Gasteiger charge is -2.20. The molecule has 0 spiro atoms. The van der Waals surface area contributed by atoms with E-state index in [1.165, 1.54) is 0 Å². The maximum atomic E-state index is 9.59. The van der Waals surface area contributed by atoms with Crippen molar-refractivity contribution in [2.24, 2.45) is 11.8 Å². The maximum absolute atomic E-state index is 9.59. The van der Waals surface area contributed by atoms with Crippen molar-refractivity contribution in [3.8, 4) is 0 Å². The van der Waals surface area contributed by atoms with Crippen molar-refractivity contribution >= 4 is 0 Å². The van der Waals surface area contributed by atoms with E-state index in [2.05, 4.69) is 26.0 Å². The summed E-state index contributed by atoms with van der Waals surface area (Å²) in [4.78, 5) is 0. The first-order chi connectivity index (χ1) is 4.72. The van der Waals surface area contributed by atoms with Crippen LogP contribution in [-0.2, 0) is 0 Å². The van der Waals surface area contributed by atoms with Gasteiger partial charge in [0.1, 0.15) is 0 Å². The van der Waals surface area contributed by atoms with Crippen LogP contribution in [0.5, 0.6) is 0 Å². The molecule has 0 aromatic rings. The third-order valence-corrected chi connectivity index (χ3v) is 2.21. The number of allylic oxidation sites excluding steroid dienone is 2. The summed E-state index contributed by atoms with van der Waals surface area (Å²) in [6.07, 6.45) is 6.36. The van der Waals surface area contributed by atoms with E-state index in [0.29, 0.717) is 11.8 Å². The Labute approximate surface area is 62.8 Å². The molecule has 1 unspecified atom stereocenters. The molecular formula is C9H16O. The van der Waals surface area contributed by atoms with Gasteiger partial charge in [-0.15, -0.1) is 0 Å². The summed E-state index contributed by atoms with van der Waals surface area (Å²) in [6.45, 7) is 4.14. The Kier molecular flexibility index (Phi) is 2.50. The number of aliphatic hydroxyl groups is 1. The van der Waals surface area contributed by atoms with Crippen LogP contribution in [0.2, 0.25) is 0 Å². The first kappa shape index (κ1) is 7.80. The molecule has 0 heterocycles. The van der Waals surface area contributed by atoms with Gasteiger partial charge in [0.25, 0.3) is 0 Å². The van der Waals surface area contributed by atoms with E-state index in [1.54, 1.807) is 0 Å². The molecule has 1 aliphatic rings. The summed E-state index contributed by atoms with van der Waals surface area (Å²) in [5, 5.41) is 9.59. The predicted molar refractivity (Wildman–Crippen MR) is 42.7 cm³/mol. The lowest BCUT2D eigenvalue weighted by molar-refractivity contribution is 0.0699. The second kappa shape index (κ2) is 3.20. The highest BCUT2D eigenvalue weighted by molar-refractivity contribution is 4.96. The van der Waals surface area contributed by atoms with Crippen LogP contribution in [0.1, 0.15) is 26.7 Å². The Morgan fingerprint density at radius 1 is 1.30 bits per heavy atom. The highest BCUT2D eigenvalue weighted by atomic mass is 16.3. The van der Waals surface area contributed by atoms with Gasteiger partial charge in [-0.3, -0.25) is 0 Å². The Balaban J connectivity index is 2.34. The molecule has 1 rings (SSSR count). The molecule has 1 heteroatoms. The highest BCUT2D eigenvalue weighted by Crippen LogP contribution is 2.25. The molecule has 1 nitrogen and oxygen atoms in total. The minimum atomic E-state index is -0.102. The summed E-state index contributed by atoms with van der Waals surface area (Å²) in [6, 6.07) is 0. The van der Waals surface area contributed by atoms with Gasteiger partial charge in [0, 0.05) is 0 Å². The second-order valence-electron chi connectivity index (χ2n) is 3.44. The maximum Gasteiger partial charge on any atom is 0.0597 e. The molecule has 10 heavy (non-hydrogen) atoms. The van der Waals surface area contributed by atoms with E-state index in [9.17, 15) is 5.11 Å². The molecule has 0 aromatic heterocycles. The third kappa shape index (κ3) is 1.60. The van der Waals surface area contributed by atoms with Crippen molar-refractivity contribution < 1.29 is 5.11 Å². The van der Waals surface area contributed by atoms with Crippen LogP contribution >= 0.6 is 0 Å². The number of rotatable bonds is 2. The van der Waals surface area contributed by atoms with Gasteiger partial charge in [-0.1, -0.05) is 26.0 Å². The van der Waals surface area contributed by atoms with Crippen LogP contribution < -0.4 is 0 Å². The predicted octanol–water partition coefficient (Wildman–Crippen LogP) is 1.97. The van der Waals surface area contributed by atoms with Crippen LogP contribution in [0, 0.1) is 11.8 Å². The fourth-order valence-corrected chi connectivity index (χ4v) is 1.46. The number of aliphatic hydroxyl groups excluding tert-OH is 1. The zero-order chi connectivity index (χ0) is 7.56. The minimum Gasteiger partial charge on any atom is -0.393 e. The van der Waals surface area contributed by atoms with Gasteiger partial charge >= 0.3 is 0 Å². The Bertz CT molecular complexity index is 119. The van der Waals surface area contributed by atoms with E-state index >= 15 is 0 Å². The topological polar surface area (TPSA) is 20.2 Å². The molecular weight excluding hydrogens is 124 g/mol. The summed E-state index contributed by atoms with van der Waals surface area (Å²) < 4.78 is 0. The molecule has 0 saturated carbocycles. The molecule has 1 N–H and O–H groups in total. The van der Waals surface area contributed by atoms with E-state index in [1.807, 2.05) is 0 Å². The fraction of sp³-hybridized carbons (Fsp3) is 0.778. The van der Waals surface area contributed by atoms with Crippen molar-refractivity contribution in [1.82, 2.24) is 0 Å². The lowest BCUT2D eigenvalue weighted by atomic mass is 9.92. The van der Waals surface area contributed by atoms with Crippen molar-refractivity contribution in [2.75, 3.05) is 0 Å². The van der Waals surface area contributed by atoms with E-state index < -0.39 is 0 Å². The molecule has 0 aliphatic heterocycles. The van der Waals surface area contributed by atoms with Gasteiger partial charge in [-0.2, -0.15) is 0 Å². The quantitative estimate of drug-likeness (QED) is 0.581. The van der Waals surface area contributed by atoms with Gasteiger partial charge in [-0.05, 0) is 24.7 Å². The molecule has 0 bridgehead atoms. The lowest BCUT2D eigenvalue weighted by Crippen LogP contribution is -2.23. The van der Waals surface area contributed by atoms with Crippen LogP contribution in [0.25, 0.3) is 0 Å². The smallest absolute Gasteiger partial charge is 0.0597 e. The van der Waals surface area contributed by atoms with Crippen LogP contribution in [0.15, 0.2) is 12.2 Å². The van der Waals surface area contributed by atoms with Gasteiger partial charge < -0.3 is 5.11 Å². The molecule has 0 amide bonds. The first-order valence-corrected chi connectivity index (χ1v) is 4.05. The van der Waals surface area contributed by atoms with E-state index in [4.69, 9.17) is 0 Å². The molecule has 58 valence electrons. The molecule has 0 saturated heterocycles. The van der Waals surface area contributed by atoms with Gasteiger partial charge in [0.2, 0.25) is 0 Å². The van der Waals surface area contributed by atoms with E-state index in [0.717, 1.165) is 12.8 Å². The summed E-state index contributed by atoms with van der Waals surface area (Å²) in [5.41, 5.74) is 0. The summed E-state index contributed by atoms with van der Waals surface area (Å²) >= 11 is 0. The Morgan fingerprint density at radius 3 is 2.20 bits per heavy atom. The molecule has 0 aromatic carbocycles. The molecule has 1 aliphatic carbocycles. The summed E-state index contributed by atoms with van der Waals surface area (Å²) in [5.74, 6) is 0.907. The zero-order valence-corrected chi connectivity index (χ0v) is 6.75. The minimum absolute atomic E-state index is 0.102. The van der Waals surface area contributed by atoms with Crippen LogP contribution in [0.4, 0.5) is 0 Å². The fourth-order valence-electron chi connectivity index (χ4n) is 1.46. The normalized spacial score (nSPS) is 22.4. The average molecular weight is 140 g/mol. The molecule has 1 atom stereocenters. The van der Waals surface area contributed by atoms with Crippen molar-refractivity contribution in [3.63, 3.8) is 0 Å². The van der Waals surface area contributed by atoms with Gasteiger partial charge in [0.05, 0.1) is 6.10 Å². The SMILES string of the molecule is CC(C)C(O)C1CC=CC1.